The summed E-state index contributed by atoms with van der Waals surface area (Å²) < 4.78 is 28.2. The van der Waals surface area contributed by atoms with Gasteiger partial charge in [-0.15, -0.1) is 5.10 Å². The number of sulfonamides is 1. The molecule has 4 aromatic rings. The Balaban J connectivity index is 1.39. The van der Waals surface area contributed by atoms with Crippen molar-refractivity contribution in [3.05, 3.63) is 72.4 Å². The molecular weight excluding hydrogens is 460 g/mol. The third-order valence-electron chi connectivity index (χ3n) is 6.66. The van der Waals surface area contributed by atoms with Gasteiger partial charge in [-0.2, -0.15) is 0 Å². The van der Waals surface area contributed by atoms with Crippen molar-refractivity contribution in [2.24, 2.45) is 0 Å². The first-order chi connectivity index (χ1) is 16.8. The van der Waals surface area contributed by atoms with Gasteiger partial charge < -0.3 is 10.2 Å². The summed E-state index contributed by atoms with van der Waals surface area (Å²) in [7, 11) is 1.70. The molecule has 3 heterocycles. The molecule has 1 aliphatic rings. The van der Waals surface area contributed by atoms with Crippen LogP contribution in [0, 0.1) is 0 Å². The average molecular weight is 491 g/mol. The Morgan fingerprint density at radius 1 is 1.00 bits per heavy atom. The standard InChI is InChI=1S/C26H30N6O2S/c1-30(2)35(33,34)24-6-4-5-21(17-24)25-12-11-23-18-27-26(29-32(23)25)28-22-9-7-19(8-10-22)20-13-15-31(3)16-14-20/h4-12,17-18,20H,13-16H2,1-3H3,(H,28,29). The first-order valence-electron chi connectivity index (χ1n) is 11.7. The van der Waals surface area contributed by atoms with E-state index in [2.05, 4.69) is 51.6 Å². The minimum Gasteiger partial charge on any atom is -0.323 e. The number of hydrogen-bond donors (Lipinski definition) is 1. The highest BCUT2D eigenvalue weighted by Gasteiger charge is 2.19. The molecule has 1 fully saturated rings. The van der Waals surface area contributed by atoms with Crippen LogP contribution < -0.4 is 5.32 Å². The van der Waals surface area contributed by atoms with E-state index in [-0.39, 0.29) is 4.90 Å². The zero-order valence-electron chi connectivity index (χ0n) is 20.2. The highest BCUT2D eigenvalue weighted by molar-refractivity contribution is 7.89. The molecule has 0 unspecified atom stereocenters. The van der Waals surface area contributed by atoms with E-state index < -0.39 is 10.0 Å². The first-order valence-corrected chi connectivity index (χ1v) is 13.2. The lowest BCUT2D eigenvalue weighted by atomic mass is 9.89. The Labute approximate surface area is 206 Å². The molecule has 1 aliphatic heterocycles. The minimum atomic E-state index is -3.53. The van der Waals surface area contributed by atoms with E-state index in [1.807, 2.05) is 18.2 Å². The summed E-state index contributed by atoms with van der Waals surface area (Å²) in [4.78, 5) is 7.08. The van der Waals surface area contributed by atoms with Crippen molar-refractivity contribution in [3.8, 4) is 11.3 Å². The summed E-state index contributed by atoms with van der Waals surface area (Å²) in [6, 6.07) is 19.3. The van der Waals surface area contributed by atoms with Crippen LogP contribution in [0.4, 0.5) is 11.6 Å². The van der Waals surface area contributed by atoms with Gasteiger partial charge in [0.15, 0.2) is 0 Å². The fourth-order valence-corrected chi connectivity index (χ4v) is 5.46. The van der Waals surface area contributed by atoms with Crippen molar-refractivity contribution in [1.82, 2.24) is 23.8 Å². The summed E-state index contributed by atoms with van der Waals surface area (Å²) in [5.41, 5.74) is 4.68. The predicted octanol–water partition coefficient (Wildman–Crippen LogP) is 4.20. The van der Waals surface area contributed by atoms with Crippen molar-refractivity contribution in [1.29, 1.82) is 0 Å². The Morgan fingerprint density at radius 2 is 1.74 bits per heavy atom. The molecule has 0 bridgehead atoms. The largest absolute Gasteiger partial charge is 0.323 e. The minimum absolute atomic E-state index is 0.243. The zero-order chi connectivity index (χ0) is 24.6. The number of nitrogens with one attached hydrogen (secondary N) is 1. The Bertz CT molecular complexity index is 1440. The number of rotatable bonds is 6. The maximum atomic E-state index is 12.6. The van der Waals surface area contributed by atoms with Gasteiger partial charge in [-0.3, -0.25) is 0 Å². The number of fused-ring (bicyclic) bond motifs is 1. The highest BCUT2D eigenvalue weighted by atomic mass is 32.2. The normalized spacial score (nSPS) is 15.7. The quantitative estimate of drug-likeness (QED) is 0.436. The van der Waals surface area contributed by atoms with E-state index in [4.69, 9.17) is 0 Å². The van der Waals surface area contributed by atoms with Crippen molar-refractivity contribution in [2.75, 3.05) is 39.5 Å². The van der Waals surface area contributed by atoms with Gasteiger partial charge in [0.25, 0.3) is 0 Å². The molecular formula is C26H30N6O2S. The van der Waals surface area contributed by atoms with Crippen molar-refractivity contribution < 1.29 is 8.42 Å². The van der Waals surface area contributed by atoms with E-state index in [1.165, 1.54) is 36.8 Å². The van der Waals surface area contributed by atoms with Gasteiger partial charge in [0, 0.05) is 25.3 Å². The van der Waals surface area contributed by atoms with Crippen LogP contribution in [0.3, 0.4) is 0 Å². The monoisotopic (exact) mass is 490 g/mol. The van der Waals surface area contributed by atoms with Gasteiger partial charge in [0.1, 0.15) is 0 Å². The third-order valence-corrected chi connectivity index (χ3v) is 8.47. The molecule has 0 radical (unpaired) electrons. The zero-order valence-corrected chi connectivity index (χ0v) is 21.0. The SMILES string of the molecule is CN1CCC(c2ccc(Nc3ncc4ccc(-c5cccc(S(=O)(=O)N(C)C)c5)n4n3)cc2)CC1. The first kappa shape index (κ1) is 23.5. The molecule has 0 saturated carbocycles. The van der Waals surface area contributed by atoms with Crippen LogP contribution in [0.1, 0.15) is 24.3 Å². The molecule has 1 saturated heterocycles. The highest BCUT2D eigenvalue weighted by Crippen LogP contribution is 2.29. The molecule has 2 aromatic heterocycles. The summed E-state index contributed by atoms with van der Waals surface area (Å²) >= 11 is 0. The van der Waals surface area contributed by atoms with E-state index in [0.717, 1.165) is 35.6 Å². The summed E-state index contributed by atoms with van der Waals surface area (Å²) in [6.45, 7) is 2.28. The molecule has 1 N–H and O–H groups in total. The molecule has 182 valence electrons. The number of likely N-dealkylation sites (tertiary alicyclic amines) is 1. The number of piperidine rings is 1. The summed E-state index contributed by atoms with van der Waals surface area (Å²) in [5.74, 6) is 1.08. The number of hydrogen-bond acceptors (Lipinski definition) is 6. The molecule has 0 spiro atoms. The van der Waals surface area contributed by atoms with E-state index in [0.29, 0.717) is 11.9 Å². The number of anilines is 2. The Hall–Kier alpha value is -3.27. The predicted molar refractivity (Wildman–Crippen MR) is 138 cm³/mol. The van der Waals surface area contributed by atoms with Crippen molar-refractivity contribution in [2.45, 2.75) is 23.7 Å². The van der Waals surface area contributed by atoms with Gasteiger partial charge in [0.2, 0.25) is 16.0 Å². The lowest BCUT2D eigenvalue weighted by Gasteiger charge is -2.29. The average Bonchev–Trinajstić information content (AvgIpc) is 3.28. The number of benzene rings is 2. The number of nitrogens with zero attached hydrogens (tertiary/aromatic N) is 5. The smallest absolute Gasteiger partial charge is 0.245 e. The van der Waals surface area contributed by atoms with Crippen molar-refractivity contribution in [3.63, 3.8) is 0 Å². The fourth-order valence-electron chi connectivity index (χ4n) is 4.51. The Morgan fingerprint density at radius 3 is 2.46 bits per heavy atom. The molecule has 0 aliphatic carbocycles. The lowest BCUT2D eigenvalue weighted by molar-refractivity contribution is 0.255. The Kier molecular flexibility index (Phi) is 6.31. The van der Waals surface area contributed by atoms with Crippen molar-refractivity contribution >= 4 is 27.2 Å². The topological polar surface area (TPSA) is 82.8 Å². The second-order valence-corrected chi connectivity index (χ2v) is 11.4. The maximum Gasteiger partial charge on any atom is 0.245 e. The molecule has 0 atom stereocenters. The second kappa shape index (κ2) is 9.41. The summed E-state index contributed by atoms with van der Waals surface area (Å²) in [6.07, 6.45) is 4.14. The van der Waals surface area contributed by atoms with Crippen LogP contribution in [0.15, 0.2) is 71.8 Å². The third kappa shape index (κ3) is 4.80. The molecule has 35 heavy (non-hydrogen) atoms. The van der Waals surface area contributed by atoms with Crippen LogP contribution in [-0.4, -0.2) is 66.5 Å². The van der Waals surface area contributed by atoms with Gasteiger partial charge in [0.05, 0.1) is 22.3 Å². The second-order valence-electron chi connectivity index (χ2n) is 9.28. The van der Waals surface area contributed by atoms with Crippen LogP contribution in [-0.2, 0) is 10.0 Å². The van der Waals surface area contributed by atoms with Gasteiger partial charge in [-0.25, -0.2) is 22.2 Å². The molecule has 9 heteroatoms. The van der Waals surface area contributed by atoms with Gasteiger partial charge in [-0.1, -0.05) is 24.3 Å². The molecule has 5 rings (SSSR count). The van der Waals surface area contributed by atoms with Crippen LogP contribution in [0.25, 0.3) is 16.8 Å². The summed E-state index contributed by atoms with van der Waals surface area (Å²) in [5, 5.41) is 7.98. The molecule has 0 amide bonds. The van der Waals surface area contributed by atoms with Gasteiger partial charge in [-0.05, 0) is 80.9 Å². The van der Waals surface area contributed by atoms with Crippen LogP contribution in [0.5, 0.6) is 0 Å². The molecule has 2 aromatic carbocycles. The fraction of sp³-hybridized carbons (Fsp3) is 0.308. The van der Waals surface area contributed by atoms with E-state index in [9.17, 15) is 8.42 Å². The maximum absolute atomic E-state index is 12.6. The lowest BCUT2D eigenvalue weighted by Crippen LogP contribution is -2.29. The van der Waals surface area contributed by atoms with Gasteiger partial charge >= 0.3 is 0 Å². The van der Waals surface area contributed by atoms with E-state index >= 15 is 0 Å². The van der Waals surface area contributed by atoms with E-state index in [1.54, 1.807) is 28.9 Å². The van der Waals surface area contributed by atoms with Crippen LogP contribution >= 0.6 is 0 Å². The van der Waals surface area contributed by atoms with Crippen LogP contribution in [0.2, 0.25) is 0 Å². The number of aromatic nitrogens is 3. The molecule has 8 nitrogen and oxygen atoms in total.